The first-order valence-corrected chi connectivity index (χ1v) is 10.5. The third kappa shape index (κ3) is 5.71. The Kier molecular flexibility index (Phi) is 6.89. The van der Waals surface area contributed by atoms with E-state index in [0.29, 0.717) is 5.92 Å². The number of rotatable bonds is 6. The van der Waals surface area contributed by atoms with Gasteiger partial charge < -0.3 is 0 Å². The lowest BCUT2D eigenvalue weighted by atomic mass is 10.0. The Bertz CT molecular complexity index is 947. The summed E-state index contributed by atoms with van der Waals surface area (Å²) < 4.78 is 0. The minimum absolute atomic E-state index is 0.527. The van der Waals surface area contributed by atoms with Crippen LogP contribution in [0.2, 0.25) is 0 Å². The van der Waals surface area contributed by atoms with E-state index in [9.17, 15) is 0 Å². The molecule has 0 radical (unpaired) electrons. The minimum Gasteiger partial charge on any atom is -0.248 e. The molecule has 0 bridgehead atoms. The molecule has 1 nitrogen and oxygen atoms in total. The molecular weight excluding hydrogens is 358 g/mol. The number of aliphatic imine (C=N–C) groups is 1. The van der Waals surface area contributed by atoms with Crippen LogP contribution < -0.4 is 0 Å². The lowest BCUT2D eigenvalue weighted by Crippen LogP contribution is -1.97. The van der Waals surface area contributed by atoms with E-state index < -0.39 is 0 Å². The number of aryl methyl sites for hydroxylation is 2. The molecule has 3 aromatic rings. The van der Waals surface area contributed by atoms with Gasteiger partial charge in [-0.2, -0.15) is 0 Å². The summed E-state index contributed by atoms with van der Waals surface area (Å²) in [6.07, 6.45) is 2.11. The molecule has 0 aliphatic carbocycles. The van der Waals surface area contributed by atoms with E-state index in [1.165, 1.54) is 21.6 Å². The van der Waals surface area contributed by atoms with Crippen molar-refractivity contribution in [2.24, 2.45) is 4.99 Å². The van der Waals surface area contributed by atoms with Crippen LogP contribution in [-0.4, -0.2) is 5.71 Å². The summed E-state index contributed by atoms with van der Waals surface area (Å²) in [5, 5.41) is 2.12. The molecule has 0 saturated carbocycles. The van der Waals surface area contributed by atoms with Gasteiger partial charge in [0, 0.05) is 10.5 Å². The molecule has 3 aromatic carbocycles. The first-order chi connectivity index (χ1) is 13.5. The maximum Gasteiger partial charge on any atom is 0.0714 e. The smallest absolute Gasteiger partial charge is 0.0714 e. The molecule has 3 rings (SSSR count). The number of benzene rings is 3. The molecule has 0 saturated heterocycles. The summed E-state index contributed by atoms with van der Waals surface area (Å²) in [6.45, 7) is 8.64. The van der Waals surface area contributed by atoms with Gasteiger partial charge in [-0.05, 0) is 61.1 Å². The normalized spacial score (nSPS) is 12.1. The zero-order chi connectivity index (χ0) is 19.9. The van der Waals surface area contributed by atoms with E-state index in [-0.39, 0.29) is 0 Å². The summed E-state index contributed by atoms with van der Waals surface area (Å²) in [5.74, 6) is 0.527. The minimum atomic E-state index is 0.527. The average molecular weight is 386 g/mol. The van der Waals surface area contributed by atoms with Gasteiger partial charge in [0.05, 0.1) is 11.4 Å². The van der Waals surface area contributed by atoms with Crippen molar-refractivity contribution in [1.82, 2.24) is 0 Å². The Morgan fingerprint density at radius 1 is 0.786 bits per heavy atom. The van der Waals surface area contributed by atoms with Crippen molar-refractivity contribution in [2.45, 2.75) is 38.5 Å². The number of thioether (sulfide) groups is 1. The van der Waals surface area contributed by atoms with Crippen LogP contribution in [0.5, 0.6) is 0 Å². The van der Waals surface area contributed by atoms with Gasteiger partial charge in [0.15, 0.2) is 0 Å². The summed E-state index contributed by atoms with van der Waals surface area (Å²) >= 11 is 1.71. The third-order valence-electron chi connectivity index (χ3n) is 4.61. The first-order valence-electron chi connectivity index (χ1n) is 9.67. The second-order valence-corrected chi connectivity index (χ2v) is 8.32. The van der Waals surface area contributed by atoms with Crippen molar-refractivity contribution in [3.63, 3.8) is 0 Å². The van der Waals surface area contributed by atoms with E-state index >= 15 is 0 Å². The highest BCUT2D eigenvalue weighted by molar-refractivity contribution is 8.02. The van der Waals surface area contributed by atoms with Gasteiger partial charge in [-0.15, -0.1) is 0 Å². The van der Waals surface area contributed by atoms with E-state index in [1.54, 1.807) is 11.8 Å². The first kappa shape index (κ1) is 20.2. The second kappa shape index (κ2) is 9.57. The number of hydrogen-bond acceptors (Lipinski definition) is 2. The van der Waals surface area contributed by atoms with Gasteiger partial charge in [-0.1, -0.05) is 85.3 Å². The van der Waals surface area contributed by atoms with Crippen LogP contribution >= 0.6 is 11.8 Å². The molecule has 0 unspecified atom stereocenters. The standard InChI is InChI=1S/C26H27NS/c1-19(2)22-9-11-23(12-10-22)26(27-24-13-5-20(3)6-14-24)17-18-28-25-15-7-21(4)8-16-25/h5-19H,1-4H3. The summed E-state index contributed by atoms with van der Waals surface area (Å²) in [5.41, 5.74) is 6.94. The van der Waals surface area contributed by atoms with Crippen LogP contribution in [-0.2, 0) is 0 Å². The largest absolute Gasteiger partial charge is 0.248 e. The van der Waals surface area contributed by atoms with Crippen molar-refractivity contribution < 1.29 is 0 Å². The molecule has 0 aliphatic rings. The molecule has 142 valence electrons. The fourth-order valence-electron chi connectivity index (χ4n) is 2.79. The lowest BCUT2D eigenvalue weighted by Gasteiger charge is -2.08. The van der Waals surface area contributed by atoms with Crippen LogP contribution in [0.1, 0.15) is 42.0 Å². The molecule has 0 atom stereocenters. The number of allylic oxidation sites excluding steroid dienone is 1. The summed E-state index contributed by atoms with van der Waals surface area (Å²) in [4.78, 5) is 6.13. The predicted octanol–water partition coefficient (Wildman–Crippen LogP) is 7.85. The topological polar surface area (TPSA) is 12.4 Å². The van der Waals surface area contributed by atoms with Crippen molar-refractivity contribution in [3.8, 4) is 0 Å². The van der Waals surface area contributed by atoms with Gasteiger partial charge in [0.2, 0.25) is 0 Å². The third-order valence-corrected chi connectivity index (χ3v) is 5.42. The highest BCUT2D eigenvalue weighted by Crippen LogP contribution is 2.22. The van der Waals surface area contributed by atoms with Gasteiger partial charge in [-0.3, -0.25) is 0 Å². The zero-order valence-electron chi connectivity index (χ0n) is 17.0. The Morgan fingerprint density at radius 2 is 1.36 bits per heavy atom. The van der Waals surface area contributed by atoms with E-state index in [0.717, 1.165) is 17.0 Å². The van der Waals surface area contributed by atoms with Crippen LogP contribution in [0.25, 0.3) is 0 Å². The monoisotopic (exact) mass is 385 g/mol. The fourth-order valence-corrected chi connectivity index (χ4v) is 3.44. The SMILES string of the molecule is Cc1ccc(N=C(C=CSc2ccc(C)cc2)c2ccc(C(C)C)cc2)cc1. The molecule has 28 heavy (non-hydrogen) atoms. The Labute approximate surface area is 173 Å². The highest BCUT2D eigenvalue weighted by atomic mass is 32.2. The van der Waals surface area contributed by atoms with E-state index in [4.69, 9.17) is 4.99 Å². The molecule has 0 spiro atoms. The summed E-state index contributed by atoms with van der Waals surface area (Å²) in [7, 11) is 0. The Hall–Kier alpha value is -2.58. The Balaban J connectivity index is 1.88. The van der Waals surface area contributed by atoms with Gasteiger partial charge >= 0.3 is 0 Å². The van der Waals surface area contributed by atoms with Gasteiger partial charge in [0.1, 0.15) is 0 Å². The van der Waals surface area contributed by atoms with Crippen LogP contribution in [0.4, 0.5) is 5.69 Å². The molecule has 2 heteroatoms. The number of hydrogen-bond donors (Lipinski definition) is 0. The molecule has 0 N–H and O–H groups in total. The maximum absolute atomic E-state index is 4.91. The van der Waals surface area contributed by atoms with Gasteiger partial charge in [-0.25, -0.2) is 4.99 Å². The molecule has 0 fully saturated rings. The molecule has 0 amide bonds. The van der Waals surface area contributed by atoms with Crippen LogP contribution in [0.3, 0.4) is 0 Å². The quantitative estimate of drug-likeness (QED) is 0.311. The molecule has 0 aliphatic heterocycles. The van der Waals surface area contributed by atoms with E-state index in [2.05, 4.69) is 112 Å². The molecule has 0 heterocycles. The molecule has 0 aromatic heterocycles. The van der Waals surface area contributed by atoms with Gasteiger partial charge in [0.25, 0.3) is 0 Å². The lowest BCUT2D eigenvalue weighted by molar-refractivity contribution is 0.866. The predicted molar refractivity (Wildman–Crippen MR) is 124 cm³/mol. The van der Waals surface area contributed by atoms with Crippen LogP contribution in [0.15, 0.2) is 94.2 Å². The number of nitrogens with zero attached hydrogens (tertiary/aromatic N) is 1. The Morgan fingerprint density at radius 3 is 1.93 bits per heavy atom. The zero-order valence-corrected chi connectivity index (χ0v) is 17.8. The second-order valence-electron chi connectivity index (χ2n) is 7.34. The maximum atomic E-state index is 4.91. The fraction of sp³-hybridized carbons (Fsp3) is 0.192. The van der Waals surface area contributed by atoms with E-state index in [1.807, 2.05) is 0 Å². The van der Waals surface area contributed by atoms with Crippen molar-refractivity contribution in [1.29, 1.82) is 0 Å². The van der Waals surface area contributed by atoms with Crippen molar-refractivity contribution in [3.05, 3.63) is 107 Å². The van der Waals surface area contributed by atoms with Crippen molar-refractivity contribution >= 4 is 23.2 Å². The molecular formula is C26H27NS. The average Bonchev–Trinajstić information content (AvgIpc) is 2.70. The highest BCUT2D eigenvalue weighted by Gasteiger charge is 2.04. The van der Waals surface area contributed by atoms with Crippen molar-refractivity contribution in [2.75, 3.05) is 0 Å². The summed E-state index contributed by atoms with van der Waals surface area (Å²) in [6, 6.07) is 25.7. The van der Waals surface area contributed by atoms with Crippen LogP contribution in [0, 0.1) is 13.8 Å².